The molecule has 0 spiro atoms. The summed E-state index contributed by atoms with van der Waals surface area (Å²) < 4.78 is 0. The third-order valence-corrected chi connectivity index (χ3v) is 3.10. The van der Waals surface area contributed by atoms with E-state index in [1.807, 2.05) is 0 Å². The molecule has 1 rings (SSSR count). The summed E-state index contributed by atoms with van der Waals surface area (Å²) in [4.78, 5) is 0. The Morgan fingerprint density at radius 2 is 1.00 bits per heavy atom. The van der Waals surface area contributed by atoms with Gasteiger partial charge in [-0.15, -0.1) is 0 Å². The van der Waals surface area contributed by atoms with E-state index in [-0.39, 0.29) is 11.8 Å². The van der Waals surface area contributed by atoms with E-state index in [1.165, 1.54) is 25.7 Å². The molecule has 0 radical (unpaired) electrons. The molecule has 0 amide bonds. The molecule has 0 bridgehead atoms. The van der Waals surface area contributed by atoms with Crippen molar-refractivity contribution >= 4 is 0 Å². The van der Waals surface area contributed by atoms with E-state index in [1.54, 1.807) is 0 Å². The SMILES string of the molecule is N#CC1CCCCCCCCC1C#N. The summed E-state index contributed by atoms with van der Waals surface area (Å²) in [7, 11) is 0. The van der Waals surface area contributed by atoms with Gasteiger partial charge in [-0.2, -0.15) is 10.5 Å². The second-order valence-electron chi connectivity index (χ2n) is 4.17. The van der Waals surface area contributed by atoms with Crippen LogP contribution in [0.15, 0.2) is 0 Å². The highest BCUT2D eigenvalue weighted by Crippen LogP contribution is 2.25. The molecule has 0 aromatic rings. The maximum Gasteiger partial charge on any atom is 0.0669 e. The van der Waals surface area contributed by atoms with Crippen LogP contribution in [0.2, 0.25) is 0 Å². The highest BCUT2D eigenvalue weighted by Gasteiger charge is 2.20. The highest BCUT2D eigenvalue weighted by molar-refractivity contribution is 4.98. The molecule has 0 heterocycles. The van der Waals surface area contributed by atoms with Crippen LogP contribution in [0.4, 0.5) is 0 Å². The summed E-state index contributed by atoms with van der Waals surface area (Å²) in [6, 6.07) is 4.60. The van der Waals surface area contributed by atoms with E-state index in [0.29, 0.717) is 0 Å². The predicted molar refractivity (Wildman–Crippen MR) is 55.1 cm³/mol. The van der Waals surface area contributed by atoms with Crippen molar-refractivity contribution in [3.05, 3.63) is 0 Å². The normalized spacial score (nSPS) is 29.9. The summed E-state index contributed by atoms with van der Waals surface area (Å²) in [6.07, 6.45) is 9.16. The molecule has 2 nitrogen and oxygen atoms in total. The van der Waals surface area contributed by atoms with Crippen LogP contribution in [0.1, 0.15) is 51.4 Å². The maximum absolute atomic E-state index is 8.97. The van der Waals surface area contributed by atoms with Gasteiger partial charge in [0.05, 0.1) is 24.0 Å². The van der Waals surface area contributed by atoms with Gasteiger partial charge >= 0.3 is 0 Å². The van der Waals surface area contributed by atoms with Gasteiger partial charge in [-0.05, 0) is 12.8 Å². The van der Waals surface area contributed by atoms with Crippen molar-refractivity contribution in [2.75, 3.05) is 0 Å². The molecule has 1 saturated carbocycles. The minimum Gasteiger partial charge on any atom is -0.198 e. The average Bonchev–Trinajstić information content (AvgIpc) is 2.24. The molecule has 1 aliphatic carbocycles. The fourth-order valence-electron chi connectivity index (χ4n) is 2.15. The minimum atomic E-state index is -0.0156. The van der Waals surface area contributed by atoms with Crippen LogP contribution in [0.25, 0.3) is 0 Å². The first-order valence-corrected chi connectivity index (χ1v) is 5.67. The first-order valence-electron chi connectivity index (χ1n) is 5.67. The Morgan fingerprint density at radius 1 is 0.643 bits per heavy atom. The summed E-state index contributed by atoms with van der Waals surface area (Å²) in [5.41, 5.74) is 0. The Kier molecular flexibility index (Phi) is 5.08. The average molecular weight is 190 g/mol. The summed E-state index contributed by atoms with van der Waals surface area (Å²) in [6.45, 7) is 0. The number of nitrogens with zero attached hydrogens (tertiary/aromatic N) is 2. The fourth-order valence-corrected chi connectivity index (χ4v) is 2.15. The standard InChI is InChI=1S/C12H18N2/c13-9-11-7-5-3-1-2-4-6-8-12(11)10-14/h11-12H,1-8H2. The third-order valence-electron chi connectivity index (χ3n) is 3.10. The van der Waals surface area contributed by atoms with Crippen LogP contribution in [0.5, 0.6) is 0 Å². The van der Waals surface area contributed by atoms with Gasteiger partial charge < -0.3 is 0 Å². The Morgan fingerprint density at radius 3 is 1.36 bits per heavy atom. The Hall–Kier alpha value is -1.02. The van der Waals surface area contributed by atoms with Gasteiger partial charge in [-0.3, -0.25) is 0 Å². The maximum atomic E-state index is 8.97. The van der Waals surface area contributed by atoms with Crippen molar-refractivity contribution in [2.45, 2.75) is 51.4 Å². The smallest absolute Gasteiger partial charge is 0.0669 e. The monoisotopic (exact) mass is 190 g/mol. The van der Waals surface area contributed by atoms with Crippen molar-refractivity contribution in [3.8, 4) is 12.1 Å². The van der Waals surface area contributed by atoms with Crippen LogP contribution in [0.3, 0.4) is 0 Å². The van der Waals surface area contributed by atoms with Crippen molar-refractivity contribution in [1.82, 2.24) is 0 Å². The molecule has 2 heteroatoms. The van der Waals surface area contributed by atoms with Crippen molar-refractivity contribution < 1.29 is 0 Å². The van der Waals surface area contributed by atoms with E-state index in [2.05, 4.69) is 12.1 Å². The Labute approximate surface area is 86.5 Å². The zero-order valence-electron chi connectivity index (χ0n) is 8.71. The first kappa shape index (κ1) is 11.1. The quantitative estimate of drug-likeness (QED) is 0.587. The molecule has 1 fully saturated rings. The molecule has 2 atom stereocenters. The van der Waals surface area contributed by atoms with Crippen molar-refractivity contribution in [3.63, 3.8) is 0 Å². The molecule has 1 aliphatic rings. The van der Waals surface area contributed by atoms with Crippen LogP contribution < -0.4 is 0 Å². The lowest BCUT2D eigenvalue weighted by Crippen LogP contribution is -2.12. The second kappa shape index (κ2) is 6.44. The van der Waals surface area contributed by atoms with Gasteiger partial charge in [-0.1, -0.05) is 38.5 Å². The third kappa shape index (κ3) is 3.38. The van der Waals surface area contributed by atoms with Crippen molar-refractivity contribution in [2.24, 2.45) is 11.8 Å². The molecule has 76 valence electrons. The molecular formula is C12H18N2. The first-order chi connectivity index (χ1) is 6.88. The minimum absolute atomic E-state index is 0.0156. The van der Waals surface area contributed by atoms with E-state index in [0.717, 1.165) is 25.7 Å². The van der Waals surface area contributed by atoms with Crippen molar-refractivity contribution in [1.29, 1.82) is 10.5 Å². The molecule has 0 aliphatic heterocycles. The van der Waals surface area contributed by atoms with E-state index >= 15 is 0 Å². The predicted octanol–water partition coefficient (Wildman–Crippen LogP) is 3.40. The number of rotatable bonds is 0. The number of hydrogen-bond donors (Lipinski definition) is 0. The largest absolute Gasteiger partial charge is 0.198 e. The van der Waals surface area contributed by atoms with Gasteiger partial charge in [0, 0.05) is 0 Å². The molecular weight excluding hydrogens is 172 g/mol. The summed E-state index contributed by atoms with van der Waals surface area (Å²) in [5, 5.41) is 17.9. The van der Waals surface area contributed by atoms with Gasteiger partial charge in [0.15, 0.2) is 0 Å². The van der Waals surface area contributed by atoms with E-state index in [9.17, 15) is 0 Å². The zero-order valence-corrected chi connectivity index (χ0v) is 8.71. The molecule has 0 aromatic carbocycles. The van der Waals surface area contributed by atoms with Crippen LogP contribution >= 0.6 is 0 Å². The molecule has 2 unspecified atom stereocenters. The summed E-state index contributed by atoms with van der Waals surface area (Å²) >= 11 is 0. The van der Waals surface area contributed by atoms with Gasteiger partial charge in [0.2, 0.25) is 0 Å². The second-order valence-corrected chi connectivity index (χ2v) is 4.17. The molecule has 0 aromatic heterocycles. The topological polar surface area (TPSA) is 47.6 Å². The lowest BCUT2D eigenvalue weighted by molar-refractivity contribution is 0.386. The highest BCUT2D eigenvalue weighted by atomic mass is 14.3. The molecule has 14 heavy (non-hydrogen) atoms. The van der Waals surface area contributed by atoms with Crippen LogP contribution in [-0.4, -0.2) is 0 Å². The lowest BCUT2D eigenvalue weighted by Gasteiger charge is -2.16. The van der Waals surface area contributed by atoms with Crippen LogP contribution in [0, 0.1) is 34.5 Å². The Balaban J connectivity index is 2.51. The van der Waals surface area contributed by atoms with Gasteiger partial charge in [-0.25, -0.2) is 0 Å². The number of hydrogen-bond acceptors (Lipinski definition) is 2. The van der Waals surface area contributed by atoms with E-state index < -0.39 is 0 Å². The van der Waals surface area contributed by atoms with Crippen LogP contribution in [-0.2, 0) is 0 Å². The fraction of sp³-hybridized carbons (Fsp3) is 0.833. The number of nitriles is 2. The molecule has 0 N–H and O–H groups in total. The summed E-state index contributed by atoms with van der Waals surface area (Å²) in [5.74, 6) is -0.0313. The zero-order chi connectivity index (χ0) is 10.2. The van der Waals surface area contributed by atoms with E-state index in [4.69, 9.17) is 10.5 Å². The van der Waals surface area contributed by atoms with Gasteiger partial charge in [0.1, 0.15) is 0 Å². The lowest BCUT2D eigenvalue weighted by atomic mass is 9.85. The van der Waals surface area contributed by atoms with Gasteiger partial charge in [0.25, 0.3) is 0 Å². The Bertz CT molecular complexity index is 208. The molecule has 0 saturated heterocycles.